The molecule has 1 aliphatic rings. The number of hydrogen-bond donors (Lipinski definition) is 1. The van der Waals surface area contributed by atoms with E-state index in [0.717, 1.165) is 24.0 Å². The second kappa shape index (κ2) is 14.8. The summed E-state index contributed by atoms with van der Waals surface area (Å²) in [4.78, 5) is 38.5. The van der Waals surface area contributed by atoms with Gasteiger partial charge in [-0.05, 0) is 67.5 Å². The number of para-hydroxylation sites is 1. The monoisotopic (exact) mass is 616 g/mol. The Balaban J connectivity index is 1.39. The van der Waals surface area contributed by atoms with E-state index in [-0.39, 0.29) is 30.5 Å². The number of rotatable bonds is 13. The van der Waals surface area contributed by atoms with E-state index in [1.54, 1.807) is 30.3 Å². The lowest BCUT2D eigenvalue weighted by molar-refractivity contribution is -0.137. The summed E-state index contributed by atoms with van der Waals surface area (Å²) in [6.07, 6.45) is 4.80. The molecular weight excluding hydrogens is 583 g/mol. The van der Waals surface area contributed by atoms with Gasteiger partial charge in [0.15, 0.2) is 11.6 Å². The lowest BCUT2D eigenvalue weighted by Gasteiger charge is -2.26. The number of carboxylic acid groups (broad SMARTS) is 1. The minimum Gasteiger partial charge on any atom is -0.488 e. The molecule has 0 saturated carbocycles. The molecule has 44 heavy (non-hydrogen) atoms. The first-order valence-corrected chi connectivity index (χ1v) is 15.0. The number of carbonyl (C=O) groups excluding carboxylic acids is 1. The molecule has 4 aromatic rings. The Morgan fingerprint density at radius 3 is 2.45 bits per heavy atom. The van der Waals surface area contributed by atoms with Gasteiger partial charge in [-0.25, -0.2) is 14.4 Å². The summed E-state index contributed by atoms with van der Waals surface area (Å²) in [6.45, 7) is 0.715. The fraction of sp³-hybridized carbons (Fsp3) is 0.294. The number of nitrogens with zero attached hydrogens (tertiary/aromatic N) is 4. The number of carboxylic acids is 1. The van der Waals surface area contributed by atoms with Crippen LogP contribution in [0.25, 0.3) is 0 Å². The van der Waals surface area contributed by atoms with Gasteiger partial charge in [0.2, 0.25) is 5.95 Å². The van der Waals surface area contributed by atoms with Gasteiger partial charge in [0.05, 0.1) is 17.3 Å². The van der Waals surface area contributed by atoms with Crippen LogP contribution in [-0.2, 0) is 24.1 Å². The smallest absolute Gasteiger partial charge is 0.323 e. The second-order valence-corrected chi connectivity index (χ2v) is 11.2. The van der Waals surface area contributed by atoms with E-state index >= 15 is 0 Å². The highest BCUT2D eigenvalue weighted by Crippen LogP contribution is 2.26. The average Bonchev–Trinajstić information content (AvgIpc) is 3.51. The van der Waals surface area contributed by atoms with E-state index in [9.17, 15) is 19.1 Å². The van der Waals surface area contributed by atoms with Crippen LogP contribution in [0.1, 0.15) is 40.0 Å². The Labute approximate surface area is 261 Å². The third-order valence-electron chi connectivity index (χ3n) is 7.68. The molecule has 1 N–H and O–H groups in total. The molecule has 1 aromatic heterocycles. The van der Waals surface area contributed by atoms with Crippen molar-refractivity contribution in [1.29, 1.82) is 0 Å². The van der Waals surface area contributed by atoms with E-state index in [4.69, 9.17) is 21.3 Å². The van der Waals surface area contributed by atoms with Crippen LogP contribution in [0.5, 0.6) is 5.75 Å². The lowest BCUT2D eigenvalue weighted by Crippen LogP contribution is -2.39. The zero-order valence-electron chi connectivity index (χ0n) is 24.2. The van der Waals surface area contributed by atoms with E-state index in [0.29, 0.717) is 42.5 Å². The number of halogens is 2. The number of aromatic nitrogens is 2. The van der Waals surface area contributed by atoms with Crippen LogP contribution in [0.3, 0.4) is 0 Å². The molecule has 1 amide bonds. The highest BCUT2D eigenvalue weighted by molar-refractivity contribution is 6.30. The minimum atomic E-state index is -1.10. The lowest BCUT2D eigenvalue weighted by atomic mass is 10.0. The first-order valence-electron chi connectivity index (χ1n) is 14.7. The van der Waals surface area contributed by atoms with Crippen LogP contribution in [0.15, 0.2) is 85.1 Å². The zero-order chi connectivity index (χ0) is 30.9. The molecule has 0 bridgehead atoms. The van der Waals surface area contributed by atoms with E-state index in [1.807, 2.05) is 47.4 Å². The number of amides is 1. The Morgan fingerprint density at radius 2 is 1.70 bits per heavy atom. The molecule has 0 unspecified atom stereocenters. The van der Waals surface area contributed by atoms with Gasteiger partial charge in [0.1, 0.15) is 13.2 Å². The molecular formula is C34H34ClFN4O4. The molecule has 3 aromatic carbocycles. The number of anilines is 1. The number of hydrogen-bond acceptors (Lipinski definition) is 6. The fourth-order valence-corrected chi connectivity index (χ4v) is 5.47. The predicted molar refractivity (Wildman–Crippen MR) is 167 cm³/mol. The van der Waals surface area contributed by atoms with E-state index in [1.165, 1.54) is 17.2 Å². The Bertz CT molecular complexity index is 1570. The van der Waals surface area contributed by atoms with Crippen molar-refractivity contribution in [2.24, 2.45) is 0 Å². The summed E-state index contributed by atoms with van der Waals surface area (Å²) < 4.78 is 20.0. The molecule has 228 valence electrons. The van der Waals surface area contributed by atoms with Gasteiger partial charge in [-0.15, -0.1) is 0 Å². The Hall–Kier alpha value is -4.50. The van der Waals surface area contributed by atoms with Gasteiger partial charge in [0.25, 0.3) is 5.91 Å². The molecule has 8 nitrogen and oxygen atoms in total. The van der Waals surface area contributed by atoms with Gasteiger partial charge in [-0.1, -0.05) is 66.2 Å². The standard InChI is InChI=1S/C34H34ClFN4O4/c35-26-15-12-25(13-16-26)18-20-39(22-32(41)42)33(43)28-21-37-34(38-30(28)17-14-24-7-2-1-3-8-24)40-19-6-9-27(40)23-44-31-11-5-4-10-29(31)36/h1-5,7-8,10-13,15-16,21,27H,6,9,14,17-20,22-23H2,(H,41,42)/t27-/m1/s1. The molecule has 2 heterocycles. The fourth-order valence-electron chi connectivity index (χ4n) is 5.34. The van der Waals surface area contributed by atoms with Crippen LogP contribution in [-0.4, -0.2) is 64.1 Å². The maximum atomic E-state index is 14.2. The van der Waals surface area contributed by atoms with Crippen molar-refractivity contribution in [2.75, 3.05) is 31.1 Å². The first-order chi connectivity index (χ1) is 21.4. The SMILES string of the molecule is O=C(O)CN(CCc1ccc(Cl)cc1)C(=O)c1cnc(N2CCC[C@@H]2COc2ccccc2F)nc1CCc1ccccc1. The summed E-state index contributed by atoms with van der Waals surface area (Å²) >= 11 is 6.00. The first kappa shape index (κ1) is 30.9. The van der Waals surface area contributed by atoms with Crippen LogP contribution >= 0.6 is 11.6 Å². The largest absolute Gasteiger partial charge is 0.488 e. The number of carbonyl (C=O) groups is 2. The molecule has 1 fully saturated rings. The maximum Gasteiger partial charge on any atom is 0.323 e. The summed E-state index contributed by atoms with van der Waals surface area (Å²) in [5.41, 5.74) is 2.85. The summed E-state index contributed by atoms with van der Waals surface area (Å²) in [7, 11) is 0. The van der Waals surface area contributed by atoms with Gasteiger partial charge >= 0.3 is 5.97 Å². The summed E-state index contributed by atoms with van der Waals surface area (Å²) in [5, 5.41) is 10.2. The molecule has 0 radical (unpaired) electrons. The molecule has 5 rings (SSSR count). The van der Waals surface area contributed by atoms with Crippen molar-refractivity contribution >= 4 is 29.4 Å². The van der Waals surface area contributed by atoms with Crippen LogP contribution in [0.4, 0.5) is 10.3 Å². The highest BCUT2D eigenvalue weighted by atomic mass is 35.5. The van der Waals surface area contributed by atoms with Gasteiger partial charge in [0, 0.05) is 24.3 Å². The zero-order valence-corrected chi connectivity index (χ0v) is 25.0. The van der Waals surface area contributed by atoms with Gasteiger partial charge in [-0.3, -0.25) is 9.59 Å². The van der Waals surface area contributed by atoms with Crippen molar-refractivity contribution in [1.82, 2.24) is 14.9 Å². The third-order valence-corrected chi connectivity index (χ3v) is 7.93. The highest BCUT2D eigenvalue weighted by Gasteiger charge is 2.30. The second-order valence-electron chi connectivity index (χ2n) is 10.7. The Kier molecular flexibility index (Phi) is 10.4. The molecule has 1 aliphatic heterocycles. The Morgan fingerprint density at radius 1 is 0.977 bits per heavy atom. The van der Waals surface area contributed by atoms with E-state index in [2.05, 4.69) is 4.98 Å². The summed E-state index contributed by atoms with van der Waals surface area (Å²) in [5.74, 6) is -1.29. The van der Waals surface area contributed by atoms with Crippen molar-refractivity contribution in [3.8, 4) is 5.75 Å². The predicted octanol–water partition coefficient (Wildman–Crippen LogP) is 5.87. The van der Waals surface area contributed by atoms with Gasteiger partial charge < -0.3 is 19.6 Å². The van der Waals surface area contributed by atoms with Crippen LogP contribution < -0.4 is 9.64 Å². The van der Waals surface area contributed by atoms with Crippen LogP contribution in [0.2, 0.25) is 5.02 Å². The molecule has 0 spiro atoms. The third kappa shape index (κ3) is 8.11. The normalized spacial score (nSPS) is 14.4. The van der Waals surface area contributed by atoms with Crippen molar-refractivity contribution in [3.05, 3.63) is 118 Å². The van der Waals surface area contributed by atoms with Crippen LogP contribution in [0, 0.1) is 5.82 Å². The van der Waals surface area contributed by atoms with Crippen molar-refractivity contribution in [3.63, 3.8) is 0 Å². The molecule has 1 saturated heterocycles. The topological polar surface area (TPSA) is 95.9 Å². The number of ether oxygens (including phenoxy) is 1. The quantitative estimate of drug-likeness (QED) is 0.201. The van der Waals surface area contributed by atoms with Crippen molar-refractivity contribution in [2.45, 2.75) is 38.1 Å². The average molecular weight is 617 g/mol. The minimum absolute atomic E-state index is 0.0685. The number of aryl methyl sites for hydroxylation is 2. The number of benzene rings is 3. The number of aliphatic carboxylic acids is 1. The van der Waals surface area contributed by atoms with E-state index < -0.39 is 24.2 Å². The molecule has 0 aliphatic carbocycles. The molecule has 10 heteroatoms. The maximum absolute atomic E-state index is 14.2. The molecule has 1 atom stereocenters. The van der Waals surface area contributed by atoms with Crippen molar-refractivity contribution < 1.29 is 23.8 Å². The van der Waals surface area contributed by atoms with Gasteiger partial charge in [-0.2, -0.15) is 0 Å². The summed E-state index contributed by atoms with van der Waals surface area (Å²) in [6, 6.07) is 23.4.